The minimum atomic E-state index is -0.562. The van der Waals surface area contributed by atoms with E-state index in [-0.39, 0.29) is 5.82 Å². The van der Waals surface area contributed by atoms with Gasteiger partial charge in [-0.1, -0.05) is 12.1 Å². The first-order valence-electron chi connectivity index (χ1n) is 4.83. The van der Waals surface area contributed by atoms with Crippen LogP contribution in [0.15, 0.2) is 30.5 Å². The first-order valence-corrected chi connectivity index (χ1v) is 4.83. The molecule has 1 aromatic carbocycles. The van der Waals surface area contributed by atoms with Crippen molar-refractivity contribution in [1.29, 1.82) is 0 Å². The number of hydrogen-bond acceptors (Lipinski definition) is 2. The zero-order chi connectivity index (χ0) is 11.1. The van der Waals surface area contributed by atoms with Gasteiger partial charge < -0.3 is 5.73 Å². The molecule has 0 aliphatic rings. The first kappa shape index (κ1) is 10.1. The van der Waals surface area contributed by atoms with Crippen molar-refractivity contribution in [2.75, 3.05) is 0 Å². The summed E-state index contributed by atoms with van der Waals surface area (Å²) < 4.78 is 13.5. The second kappa shape index (κ2) is 3.28. The van der Waals surface area contributed by atoms with Gasteiger partial charge in [-0.05, 0) is 26.0 Å². The van der Waals surface area contributed by atoms with Gasteiger partial charge in [0.2, 0.25) is 0 Å². The summed E-state index contributed by atoms with van der Waals surface area (Å²) in [6.45, 7) is 3.72. The molecule has 1 heterocycles. The van der Waals surface area contributed by atoms with Gasteiger partial charge in [-0.25, -0.2) is 4.39 Å². The van der Waals surface area contributed by atoms with Gasteiger partial charge in [0.1, 0.15) is 5.82 Å². The highest BCUT2D eigenvalue weighted by Gasteiger charge is 2.19. The average Bonchev–Trinajstić information content (AvgIpc) is 2.16. The fourth-order valence-corrected chi connectivity index (χ4v) is 1.68. The lowest BCUT2D eigenvalue weighted by atomic mass is 9.96. The molecule has 2 N–H and O–H groups in total. The Labute approximate surface area is 87.9 Å². The van der Waals surface area contributed by atoms with Crippen molar-refractivity contribution < 1.29 is 4.39 Å². The molecule has 0 unspecified atom stereocenters. The molecule has 0 amide bonds. The van der Waals surface area contributed by atoms with Crippen LogP contribution in [-0.4, -0.2) is 4.98 Å². The fourth-order valence-electron chi connectivity index (χ4n) is 1.68. The molecule has 0 spiro atoms. The lowest BCUT2D eigenvalue weighted by Gasteiger charge is -2.19. The molecule has 0 saturated heterocycles. The van der Waals surface area contributed by atoms with Gasteiger partial charge in [-0.2, -0.15) is 0 Å². The number of hydrogen-bond donors (Lipinski definition) is 1. The van der Waals surface area contributed by atoms with E-state index in [9.17, 15) is 4.39 Å². The van der Waals surface area contributed by atoms with Crippen LogP contribution in [0.5, 0.6) is 0 Å². The van der Waals surface area contributed by atoms with Crippen LogP contribution in [0.3, 0.4) is 0 Å². The minimum absolute atomic E-state index is 0.236. The van der Waals surface area contributed by atoms with Crippen molar-refractivity contribution in [3.63, 3.8) is 0 Å². The molecule has 0 saturated carbocycles. The van der Waals surface area contributed by atoms with Gasteiger partial charge in [0.05, 0.1) is 11.2 Å². The number of rotatable bonds is 1. The molecule has 1 aromatic heterocycles. The normalized spacial score (nSPS) is 12.0. The Morgan fingerprint density at radius 1 is 1.20 bits per heavy atom. The highest BCUT2D eigenvalue weighted by Crippen LogP contribution is 2.25. The van der Waals surface area contributed by atoms with E-state index >= 15 is 0 Å². The molecule has 2 rings (SSSR count). The number of nitrogens with two attached hydrogens (primary N) is 1. The molecule has 78 valence electrons. The van der Waals surface area contributed by atoms with Crippen LogP contribution in [0, 0.1) is 5.82 Å². The van der Waals surface area contributed by atoms with E-state index in [2.05, 4.69) is 4.98 Å². The highest BCUT2D eigenvalue weighted by atomic mass is 19.1. The van der Waals surface area contributed by atoms with Crippen molar-refractivity contribution in [2.45, 2.75) is 19.4 Å². The van der Waals surface area contributed by atoms with Crippen LogP contribution >= 0.6 is 0 Å². The predicted octanol–water partition coefficient (Wildman–Crippen LogP) is 2.57. The van der Waals surface area contributed by atoms with Gasteiger partial charge in [-0.3, -0.25) is 4.98 Å². The smallest absolute Gasteiger partial charge is 0.131 e. The average molecular weight is 204 g/mol. The Morgan fingerprint density at radius 3 is 2.60 bits per heavy atom. The summed E-state index contributed by atoms with van der Waals surface area (Å²) in [5, 5.41) is 1.35. The van der Waals surface area contributed by atoms with E-state index in [4.69, 9.17) is 5.73 Å². The molecular formula is C12H13FN2. The molecular weight excluding hydrogens is 191 g/mol. The lowest BCUT2D eigenvalue weighted by molar-refractivity contribution is 0.541. The number of nitrogens with zero attached hydrogens (tertiary/aromatic N) is 1. The predicted molar refractivity (Wildman–Crippen MR) is 58.9 cm³/mol. The maximum atomic E-state index is 13.5. The maximum Gasteiger partial charge on any atom is 0.131 e. The molecule has 15 heavy (non-hydrogen) atoms. The fraction of sp³-hybridized carbons (Fsp3) is 0.250. The molecule has 0 aliphatic carbocycles. The van der Waals surface area contributed by atoms with Crippen LogP contribution < -0.4 is 5.73 Å². The molecule has 0 radical (unpaired) electrons. The van der Waals surface area contributed by atoms with Gasteiger partial charge >= 0.3 is 0 Å². The third-order valence-electron chi connectivity index (χ3n) is 2.36. The van der Waals surface area contributed by atoms with E-state index in [0.29, 0.717) is 5.39 Å². The first-order chi connectivity index (χ1) is 7.00. The van der Waals surface area contributed by atoms with E-state index in [1.54, 1.807) is 18.3 Å². The summed E-state index contributed by atoms with van der Waals surface area (Å²) in [6.07, 6.45) is 1.59. The lowest BCUT2D eigenvalue weighted by Crippen LogP contribution is -2.30. The number of halogens is 1. The van der Waals surface area contributed by atoms with E-state index in [1.165, 1.54) is 6.07 Å². The molecule has 0 aliphatic heterocycles. The monoisotopic (exact) mass is 204 g/mol. The molecule has 2 nitrogen and oxygen atoms in total. The Morgan fingerprint density at radius 2 is 1.93 bits per heavy atom. The second-order valence-electron chi connectivity index (χ2n) is 4.22. The number of fused-ring (bicyclic) bond motifs is 1. The maximum absolute atomic E-state index is 13.5. The highest BCUT2D eigenvalue weighted by molar-refractivity contribution is 5.85. The summed E-state index contributed by atoms with van der Waals surface area (Å²) in [5.41, 5.74) is 6.15. The molecule has 0 fully saturated rings. The zero-order valence-electron chi connectivity index (χ0n) is 8.79. The van der Waals surface area contributed by atoms with Gasteiger partial charge in [0, 0.05) is 17.0 Å². The van der Waals surface area contributed by atoms with Crippen LogP contribution in [0.1, 0.15) is 19.5 Å². The van der Waals surface area contributed by atoms with E-state index in [1.807, 2.05) is 19.9 Å². The van der Waals surface area contributed by atoms with Crippen LogP contribution in [-0.2, 0) is 5.54 Å². The Hall–Kier alpha value is -1.48. The van der Waals surface area contributed by atoms with Gasteiger partial charge in [0.15, 0.2) is 0 Å². The molecule has 2 aromatic rings. The van der Waals surface area contributed by atoms with Gasteiger partial charge in [0.25, 0.3) is 0 Å². The molecule has 0 bridgehead atoms. The molecule has 3 heteroatoms. The summed E-state index contributed by atoms with van der Waals surface area (Å²) in [4.78, 5) is 4.23. The van der Waals surface area contributed by atoms with E-state index in [0.717, 1.165) is 11.1 Å². The topological polar surface area (TPSA) is 38.9 Å². The van der Waals surface area contributed by atoms with Crippen molar-refractivity contribution in [2.24, 2.45) is 5.73 Å². The van der Waals surface area contributed by atoms with Crippen molar-refractivity contribution in [3.8, 4) is 0 Å². The third kappa shape index (κ3) is 1.70. The zero-order valence-corrected chi connectivity index (χ0v) is 8.79. The summed E-state index contributed by atoms with van der Waals surface area (Å²) in [6, 6.07) is 6.62. The van der Waals surface area contributed by atoms with Crippen molar-refractivity contribution in [3.05, 3.63) is 42.0 Å². The van der Waals surface area contributed by atoms with Gasteiger partial charge in [-0.15, -0.1) is 0 Å². The summed E-state index contributed by atoms with van der Waals surface area (Å²) >= 11 is 0. The number of pyridine rings is 1. The minimum Gasteiger partial charge on any atom is -0.321 e. The summed E-state index contributed by atoms with van der Waals surface area (Å²) in [7, 11) is 0. The SMILES string of the molecule is CC(C)(N)c1nccc2c(F)cccc12. The molecule has 0 atom stereocenters. The largest absolute Gasteiger partial charge is 0.321 e. The van der Waals surface area contributed by atoms with Crippen LogP contribution in [0.25, 0.3) is 10.8 Å². The number of aromatic nitrogens is 1. The summed E-state index contributed by atoms with van der Waals surface area (Å²) in [5.74, 6) is -0.236. The quantitative estimate of drug-likeness (QED) is 0.775. The Balaban J connectivity index is 2.83. The van der Waals surface area contributed by atoms with Crippen molar-refractivity contribution in [1.82, 2.24) is 4.98 Å². The Bertz CT molecular complexity index is 500. The Kier molecular flexibility index (Phi) is 2.20. The third-order valence-corrected chi connectivity index (χ3v) is 2.36. The standard InChI is InChI=1S/C12H13FN2/c1-12(2,14)11-9-4-3-5-10(13)8(9)6-7-15-11/h3-7H,14H2,1-2H3. The van der Waals surface area contributed by atoms with E-state index < -0.39 is 5.54 Å². The second-order valence-corrected chi connectivity index (χ2v) is 4.22. The van der Waals surface area contributed by atoms with Crippen molar-refractivity contribution >= 4 is 10.8 Å². The van der Waals surface area contributed by atoms with Crippen LogP contribution in [0.4, 0.5) is 4.39 Å². The number of benzene rings is 1. The van der Waals surface area contributed by atoms with Crippen LogP contribution in [0.2, 0.25) is 0 Å².